The summed E-state index contributed by atoms with van der Waals surface area (Å²) in [6.45, 7) is 5.03. The number of hydrogen-bond donors (Lipinski definition) is 1. The molecule has 0 saturated carbocycles. The maximum Gasteiger partial charge on any atom is 0.262 e. The first-order chi connectivity index (χ1) is 17.0. The molecular formula is C27H30N4O3S. The molecular weight excluding hydrogens is 460 g/mol. The van der Waals surface area contributed by atoms with E-state index in [9.17, 15) is 14.4 Å². The Bertz CT molecular complexity index is 1310. The van der Waals surface area contributed by atoms with E-state index in [1.54, 1.807) is 6.92 Å². The van der Waals surface area contributed by atoms with Crippen molar-refractivity contribution in [1.29, 1.82) is 0 Å². The average molecular weight is 491 g/mol. The molecule has 0 radical (unpaired) electrons. The zero-order valence-electron chi connectivity index (χ0n) is 20.0. The van der Waals surface area contributed by atoms with Gasteiger partial charge in [-0.25, -0.2) is 4.98 Å². The van der Waals surface area contributed by atoms with Crippen molar-refractivity contribution in [2.75, 3.05) is 24.6 Å². The monoisotopic (exact) mass is 490 g/mol. The van der Waals surface area contributed by atoms with Crippen LogP contribution in [0, 0.1) is 6.92 Å². The molecule has 3 heterocycles. The summed E-state index contributed by atoms with van der Waals surface area (Å²) in [5.74, 6) is 2.17. The number of rotatable bonds is 6. The van der Waals surface area contributed by atoms with Crippen molar-refractivity contribution >= 4 is 34.5 Å². The molecule has 182 valence electrons. The first-order valence-corrected chi connectivity index (χ1v) is 13.4. The predicted octanol–water partition coefficient (Wildman–Crippen LogP) is 3.02. The van der Waals surface area contributed by atoms with E-state index in [2.05, 4.69) is 39.5 Å². The highest BCUT2D eigenvalue weighted by atomic mass is 32.2. The number of thioether (sulfide) groups is 1. The number of carbonyl (C=O) groups excluding carboxylic acids is 2. The molecule has 2 aliphatic heterocycles. The maximum atomic E-state index is 13.6. The summed E-state index contributed by atoms with van der Waals surface area (Å²) in [7, 11) is 0. The smallest absolute Gasteiger partial charge is 0.262 e. The van der Waals surface area contributed by atoms with Crippen molar-refractivity contribution in [2.45, 2.75) is 45.2 Å². The third kappa shape index (κ3) is 5.18. The highest BCUT2D eigenvalue weighted by molar-refractivity contribution is 7.99. The SMILES string of the molecule is Cc1nc2cccc(CCc3ccc(CN4CCSCC4)cc3)c2c(=O)n1C1CCC(=O)NC1=O. The molecule has 1 N–H and O–H groups in total. The quantitative estimate of drug-likeness (QED) is 0.535. The second-order valence-corrected chi connectivity index (χ2v) is 10.5. The Labute approximate surface area is 208 Å². The fraction of sp³-hybridized carbons (Fsp3) is 0.407. The number of imide groups is 1. The van der Waals surface area contributed by atoms with Crippen LogP contribution in [0.15, 0.2) is 47.3 Å². The van der Waals surface area contributed by atoms with Gasteiger partial charge in [0.1, 0.15) is 11.9 Å². The molecule has 7 nitrogen and oxygen atoms in total. The second-order valence-electron chi connectivity index (χ2n) is 9.32. The Kier molecular flexibility index (Phi) is 7.02. The largest absolute Gasteiger partial charge is 0.297 e. The van der Waals surface area contributed by atoms with E-state index in [-0.39, 0.29) is 17.9 Å². The lowest BCUT2D eigenvalue weighted by molar-refractivity contribution is -0.135. The van der Waals surface area contributed by atoms with Crippen molar-refractivity contribution in [3.8, 4) is 0 Å². The number of aromatic nitrogens is 2. The summed E-state index contributed by atoms with van der Waals surface area (Å²) in [6, 6.07) is 13.8. The lowest BCUT2D eigenvalue weighted by Crippen LogP contribution is -2.45. The van der Waals surface area contributed by atoms with E-state index in [0.717, 1.165) is 31.6 Å². The normalized spacial score (nSPS) is 19.2. The van der Waals surface area contributed by atoms with Crippen molar-refractivity contribution in [2.24, 2.45) is 0 Å². The maximum absolute atomic E-state index is 13.6. The van der Waals surface area contributed by atoms with E-state index < -0.39 is 11.9 Å². The highest BCUT2D eigenvalue weighted by Gasteiger charge is 2.30. The van der Waals surface area contributed by atoms with E-state index in [0.29, 0.717) is 29.6 Å². The lowest BCUT2D eigenvalue weighted by Gasteiger charge is -2.26. The van der Waals surface area contributed by atoms with Crippen LogP contribution in [0.1, 0.15) is 41.4 Å². The van der Waals surface area contributed by atoms with Crippen LogP contribution in [0.4, 0.5) is 0 Å². The van der Waals surface area contributed by atoms with Crippen molar-refractivity contribution in [3.05, 3.63) is 75.3 Å². The molecule has 8 heteroatoms. The molecule has 3 aromatic rings. The van der Waals surface area contributed by atoms with E-state index >= 15 is 0 Å². The van der Waals surface area contributed by atoms with Crippen LogP contribution in [-0.4, -0.2) is 50.9 Å². The number of aryl methyl sites for hydroxylation is 3. The lowest BCUT2D eigenvalue weighted by atomic mass is 9.99. The van der Waals surface area contributed by atoms with Gasteiger partial charge < -0.3 is 0 Å². The molecule has 2 fully saturated rings. The van der Waals surface area contributed by atoms with Gasteiger partial charge >= 0.3 is 0 Å². The van der Waals surface area contributed by atoms with Gasteiger partial charge in [-0.15, -0.1) is 0 Å². The van der Waals surface area contributed by atoms with Gasteiger partial charge in [0.15, 0.2) is 0 Å². The molecule has 0 spiro atoms. The number of nitrogens with one attached hydrogen (secondary N) is 1. The standard InChI is InChI=1S/C27H30N4O3S/c1-18-28-22-4-2-3-21(25(22)27(34)31(18)23-11-12-24(32)29-26(23)33)10-9-19-5-7-20(8-6-19)17-30-13-15-35-16-14-30/h2-8,23H,9-17H2,1H3,(H,29,32,33). The molecule has 35 heavy (non-hydrogen) atoms. The zero-order valence-corrected chi connectivity index (χ0v) is 20.8. The van der Waals surface area contributed by atoms with Crippen LogP contribution < -0.4 is 10.9 Å². The molecule has 2 amide bonds. The van der Waals surface area contributed by atoms with Crippen molar-refractivity contribution < 1.29 is 9.59 Å². The van der Waals surface area contributed by atoms with Gasteiger partial charge in [0.25, 0.3) is 5.56 Å². The number of fused-ring (bicyclic) bond motifs is 1. The summed E-state index contributed by atoms with van der Waals surface area (Å²) in [5, 5.41) is 2.91. The summed E-state index contributed by atoms with van der Waals surface area (Å²) in [4.78, 5) is 44.8. The predicted molar refractivity (Wildman–Crippen MR) is 139 cm³/mol. The number of benzene rings is 2. The van der Waals surface area contributed by atoms with Gasteiger partial charge in [0, 0.05) is 37.6 Å². The minimum Gasteiger partial charge on any atom is -0.297 e. The molecule has 1 unspecified atom stereocenters. The highest BCUT2D eigenvalue weighted by Crippen LogP contribution is 2.22. The van der Waals surface area contributed by atoms with Gasteiger partial charge in [-0.1, -0.05) is 36.4 Å². The number of piperidine rings is 1. The number of nitrogens with zero attached hydrogens (tertiary/aromatic N) is 3. The fourth-order valence-electron chi connectivity index (χ4n) is 5.03. The third-order valence-corrected chi connectivity index (χ3v) is 7.87. The van der Waals surface area contributed by atoms with E-state index in [4.69, 9.17) is 0 Å². The van der Waals surface area contributed by atoms with Crippen LogP contribution in [0.3, 0.4) is 0 Å². The molecule has 2 aliphatic rings. The Morgan fingerprint density at radius 2 is 1.74 bits per heavy atom. The van der Waals surface area contributed by atoms with Gasteiger partial charge in [0.2, 0.25) is 11.8 Å². The molecule has 1 atom stereocenters. The topological polar surface area (TPSA) is 84.3 Å². The molecule has 0 aliphatic carbocycles. The Hall–Kier alpha value is -2.97. The molecule has 0 bridgehead atoms. The average Bonchev–Trinajstić information content (AvgIpc) is 2.85. The number of hydrogen-bond acceptors (Lipinski definition) is 6. The van der Waals surface area contributed by atoms with Crippen molar-refractivity contribution in [3.63, 3.8) is 0 Å². The zero-order chi connectivity index (χ0) is 24.4. The Morgan fingerprint density at radius 3 is 2.49 bits per heavy atom. The van der Waals surface area contributed by atoms with E-state index in [1.807, 2.05) is 30.0 Å². The van der Waals surface area contributed by atoms with Gasteiger partial charge in [0.05, 0.1) is 10.9 Å². The number of carbonyl (C=O) groups is 2. The Morgan fingerprint density at radius 1 is 1.00 bits per heavy atom. The fourth-order valence-corrected chi connectivity index (χ4v) is 6.01. The summed E-state index contributed by atoms with van der Waals surface area (Å²) >= 11 is 2.02. The molecule has 2 aromatic carbocycles. The van der Waals surface area contributed by atoms with E-state index in [1.165, 1.54) is 27.2 Å². The van der Waals surface area contributed by atoms with Gasteiger partial charge in [-0.3, -0.25) is 29.2 Å². The minimum absolute atomic E-state index is 0.215. The third-order valence-electron chi connectivity index (χ3n) is 6.93. The molecule has 1 aromatic heterocycles. The van der Waals surface area contributed by atoms with Crippen molar-refractivity contribution in [1.82, 2.24) is 19.8 Å². The van der Waals surface area contributed by atoms with Crippen LogP contribution >= 0.6 is 11.8 Å². The first-order valence-electron chi connectivity index (χ1n) is 12.2. The van der Waals surface area contributed by atoms with Crippen LogP contribution in [0.5, 0.6) is 0 Å². The summed E-state index contributed by atoms with van der Waals surface area (Å²) in [6.07, 6.45) is 2.04. The van der Waals surface area contributed by atoms with Gasteiger partial charge in [-0.2, -0.15) is 11.8 Å². The van der Waals surface area contributed by atoms with Crippen LogP contribution in [0.2, 0.25) is 0 Å². The van der Waals surface area contributed by atoms with Gasteiger partial charge in [-0.05, 0) is 48.9 Å². The second kappa shape index (κ2) is 10.3. The summed E-state index contributed by atoms with van der Waals surface area (Å²) < 4.78 is 1.46. The Balaban J connectivity index is 1.36. The first kappa shape index (κ1) is 23.8. The number of amides is 2. The van der Waals surface area contributed by atoms with Crippen LogP contribution in [-0.2, 0) is 29.0 Å². The molecule has 2 saturated heterocycles. The molecule has 5 rings (SSSR count). The summed E-state index contributed by atoms with van der Waals surface area (Å²) in [5.41, 5.74) is 3.91. The minimum atomic E-state index is -0.712. The van der Waals surface area contributed by atoms with Crippen LogP contribution in [0.25, 0.3) is 10.9 Å².